The molecule has 0 bridgehead atoms. The lowest BCUT2D eigenvalue weighted by molar-refractivity contribution is 0.160. The zero-order valence-electron chi connectivity index (χ0n) is 17.5. The number of piperazine rings is 1. The Morgan fingerprint density at radius 2 is 1.70 bits per heavy atom. The molecule has 0 unspecified atom stereocenters. The second-order valence-corrected chi connectivity index (χ2v) is 8.58. The standard InChI is InChI=1S/C23H26BrN3O2S/c1-28-21-13-18(20(24)14-22(21)29-2)19(15-25)23(30-3)27-11-9-26(10-12-27)16-17-7-5-4-6-8-17/h4-8,13-14H,9-12,16H2,1-3H3/b23-19+. The fourth-order valence-electron chi connectivity index (χ4n) is 3.61. The first-order chi connectivity index (χ1) is 14.6. The van der Waals surface area contributed by atoms with Crippen molar-refractivity contribution in [1.82, 2.24) is 9.80 Å². The Bertz CT molecular complexity index is 935. The fraction of sp³-hybridized carbons (Fsp3) is 0.348. The molecular formula is C23H26BrN3O2S. The lowest BCUT2D eigenvalue weighted by Crippen LogP contribution is -2.45. The number of ether oxygens (including phenoxy) is 2. The second-order valence-electron chi connectivity index (χ2n) is 6.93. The molecule has 5 nitrogen and oxygen atoms in total. The minimum absolute atomic E-state index is 0.608. The molecule has 2 aromatic rings. The van der Waals surface area contributed by atoms with Crippen molar-refractivity contribution in [2.45, 2.75) is 6.54 Å². The highest BCUT2D eigenvalue weighted by Gasteiger charge is 2.23. The highest BCUT2D eigenvalue weighted by atomic mass is 79.9. The molecule has 0 spiro atoms. The van der Waals surface area contributed by atoms with Gasteiger partial charge in [-0.15, -0.1) is 11.8 Å². The van der Waals surface area contributed by atoms with Crippen molar-refractivity contribution in [2.24, 2.45) is 0 Å². The minimum atomic E-state index is 0.608. The minimum Gasteiger partial charge on any atom is -0.493 e. The molecule has 0 saturated carbocycles. The molecule has 0 amide bonds. The summed E-state index contributed by atoms with van der Waals surface area (Å²) in [4.78, 5) is 4.77. The lowest BCUT2D eigenvalue weighted by Gasteiger charge is -2.37. The van der Waals surface area contributed by atoms with Gasteiger partial charge in [0.1, 0.15) is 6.07 Å². The van der Waals surface area contributed by atoms with Gasteiger partial charge in [-0.3, -0.25) is 4.90 Å². The topological polar surface area (TPSA) is 48.7 Å². The molecule has 1 aliphatic heterocycles. The van der Waals surface area contributed by atoms with Gasteiger partial charge >= 0.3 is 0 Å². The van der Waals surface area contributed by atoms with Crippen LogP contribution in [-0.4, -0.2) is 56.5 Å². The van der Waals surface area contributed by atoms with E-state index < -0.39 is 0 Å². The summed E-state index contributed by atoms with van der Waals surface area (Å²) in [6.07, 6.45) is 2.03. The van der Waals surface area contributed by atoms with Crippen molar-refractivity contribution < 1.29 is 9.47 Å². The molecule has 1 heterocycles. The number of hydrogen-bond donors (Lipinski definition) is 0. The van der Waals surface area contributed by atoms with Gasteiger partial charge in [0.15, 0.2) is 11.5 Å². The Morgan fingerprint density at radius 1 is 1.07 bits per heavy atom. The molecule has 0 aliphatic carbocycles. The van der Waals surface area contributed by atoms with Crippen LogP contribution in [0.25, 0.3) is 5.57 Å². The molecule has 1 fully saturated rings. The van der Waals surface area contributed by atoms with Gasteiger partial charge in [-0.1, -0.05) is 30.3 Å². The Kier molecular flexibility index (Phi) is 8.08. The molecule has 2 aromatic carbocycles. The summed E-state index contributed by atoms with van der Waals surface area (Å²) in [6.45, 7) is 4.66. The monoisotopic (exact) mass is 487 g/mol. The molecule has 0 aromatic heterocycles. The van der Waals surface area contributed by atoms with E-state index >= 15 is 0 Å². The third kappa shape index (κ3) is 5.12. The average molecular weight is 488 g/mol. The second kappa shape index (κ2) is 10.8. The van der Waals surface area contributed by atoms with Crippen molar-refractivity contribution in [3.05, 3.63) is 63.1 Å². The number of thioether (sulfide) groups is 1. The highest BCUT2D eigenvalue weighted by molar-refractivity contribution is 9.10. The van der Waals surface area contributed by atoms with Crippen LogP contribution in [0.3, 0.4) is 0 Å². The molecule has 1 aliphatic rings. The van der Waals surface area contributed by atoms with E-state index in [2.05, 4.69) is 56.1 Å². The van der Waals surface area contributed by atoms with Crippen molar-refractivity contribution in [3.63, 3.8) is 0 Å². The molecule has 3 rings (SSSR count). The van der Waals surface area contributed by atoms with Crippen molar-refractivity contribution in [2.75, 3.05) is 46.7 Å². The Labute approximate surface area is 191 Å². The predicted octanol–water partition coefficient (Wildman–Crippen LogP) is 4.84. The first-order valence-corrected chi connectivity index (χ1v) is 11.7. The van der Waals surface area contributed by atoms with Gasteiger partial charge in [0.05, 0.1) is 24.8 Å². The molecular weight excluding hydrogens is 462 g/mol. The van der Waals surface area contributed by atoms with Gasteiger partial charge in [-0.25, -0.2) is 0 Å². The first kappa shape index (κ1) is 22.5. The van der Waals surface area contributed by atoms with Crippen LogP contribution in [0.1, 0.15) is 11.1 Å². The zero-order valence-corrected chi connectivity index (χ0v) is 19.9. The SMILES string of the molecule is COc1cc(Br)c(/C(C#N)=C(/SC)N2CCN(Cc3ccccc3)CC2)cc1OC. The number of hydrogen-bond acceptors (Lipinski definition) is 6. The maximum atomic E-state index is 10.0. The summed E-state index contributed by atoms with van der Waals surface area (Å²) >= 11 is 5.22. The number of benzene rings is 2. The highest BCUT2D eigenvalue weighted by Crippen LogP contribution is 2.39. The Balaban J connectivity index is 1.82. The van der Waals surface area contributed by atoms with Crippen LogP contribution in [0.2, 0.25) is 0 Å². The predicted molar refractivity (Wildman–Crippen MR) is 127 cm³/mol. The van der Waals surface area contributed by atoms with Crippen LogP contribution in [0.15, 0.2) is 52.0 Å². The van der Waals surface area contributed by atoms with Crippen molar-refractivity contribution in [3.8, 4) is 17.6 Å². The molecule has 0 radical (unpaired) electrons. The van der Waals surface area contributed by atoms with E-state index in [-0.39, 0.29) is 0 Å². The molecule has 30 heavy (non-hydrogen) atoms. The van der Waals surface area contributed by atoms with Crippen LogP contribution >= 0.6 is 27.7 Å². The molecule has 0 N–H and O–H groups in total. The smallest absolute Gasteiger partial charge is 0.161 e. The van der Waals surface area contributed by atoms with E-state index in [1.54, 1.807) is 26.0 Å². The molecule has 158 valence electrons. The van der Waals surface area contributed by atoms with Gasteiger partial charge in [-0.05, 0) is 39.9 Å². The number of nitrogens with zero attached hydrogens (tertiary/aromatic N) is 3. The largest absolute Gasteiger partial charge is 0.493 e. The Morgan fingerprint density at radius 3 is 2.27 bits per heavy atom. The quantitative estimate of drug-likeness (QED) is 0.520. The maximum absolute atomic E-state index is 10.0. The van der Waals surface area contributed by atoms with Gasteiger partial charge in [0.25, 0.3) is 0 Å². The molecule has 0 atom stereocenters. The van der Waals surface area contributed by atoms with Crippen LogP contribution in [0, 0.1) is 11.3 Å². The number of rotatable bonds is 7. The fourth-order valence-corrected chi connectivity index (χ4v) is 4.93. The summed E-state index contributed by atoms with van der Waals surface area (Å²) in [5, 5.41) is 11.0. The normalized spacial score (nSPS) is 15.4. The average Bonchev–Trinajstić information content (AvgIpc) is 2.79. The van der Waals surface area contributed by atoms with Crippen LogP contribution < -0.4 is 9.47 Å². The van der Waals surface area contributed by atoms with E-state index in [4.69, 9.17) is 9.47 Å². The van der Waals surface area contributed by atoms with Crippen molar-refractivity contribution >= 4 is 33.3 Å². The summed E-state index contributed by atoms with van der Waals surface area (Å²) in [6, 6.07) is 16.7. The summed E-state index contributed by atoms with van der Waals surface area (Å²) in [7, 11) is 3.21. The number of methoxy groups -OCH3 is 2. The first-order valence-electron chi connectivity index (χ1n) is 9.72. The maximum Gasteiger partial charge on any atom is 0.161 e. The molecule has 1 saturated heterocycles. The van der Waals surface area contributed by atoms with Crippen LogP contribution in [-0.2, 0) is 6.54 Å². The summed E-state index contributed by atoms with van der Waals surface area (Å²) in [5.41, 5.74) is 2.79. The van der Waals surface area contributed by atoms with Gasteiger partial charge in [0, 0.05) is 42.8 Å². The third-order valence-electron chi connectivity index (χ3n) is 5.17. The van der Waals surface area contributed by atoms with E-state index in [1.165, 1.54) is 5.56 Å². The third-order valence-corrected chi connectivity index (χ3v) is 6.68. The molecule has 7 heteroatoms. The zero-order chi connectivity index (χ0) is 21.5. The van der Waals surface area contributed by atoms with Gasteiger partial charge in [-0.2, -0.15) is 5.26 Å². The van der Waals surface area contributed by atoms with E-state index in [9.17, 15) is 5.26 Å². The number of nitriles is 1. The van der Waals surface area contributed by atoms with E-state index in [0.717, 1.165) is 47.8 Å². The number of halogens is 1. The Hall–Kier alpha value is -2.14. The van der Waals surface area contributed by atoms with Crippen molar-refractivity contribution in [1.29, 1.82) is 5.26 Å². The van der Waals surface area contributed by atoms with E-state index in [1.807, 2.05) is 24.5 Å². The van der Waals surface area contributed by atoms with Crippen LogP contribution in [0.5, 0.6) is 11.5 Å². The number of allylic oxidation sites excluding steroid dienone is 1. The van der Waals surface area contributed by atoms with E-state index in [0.29, 0.717) is 17.1 Å². The van der Waals surface area contributed by atoms with Crippen LogP contribution in [0.4, 0.5) is 0 Å². The summed E-state index contributed by atoms with van der Waals surface area (Å²) in [5.74, 6) is 1.24. The summed E-state index contributed by atoms with van der Waals surface area (Å²) < 4.78 is 11.6. The van der Waals surface area contributed by atoms with Gasteiger partial charge in [0.2, 0.25) is 0 Å². The van der Waals surface area contributed by atoms with Gasteiger partial charge < -0.3 is 14.4 Å². The lowest BCUT2D eigenvalue weighted by atomic mass is 10.1.